The van der Waals surface area contributed by atoms with E-state index in [2.05, 4.69) is 52.8 Å². The molecule has 0 aliphatic carbocycles. The van der Waals surface area contributed by atoms with Gasteiger partial charge in [0.2, 0.25) is 5.78 Å². The van der Waals surface area contributed by atoms with Crippen molar-refractivity contribution in [3.05, 3.63) is 37.6 Å². The average molecular weight is 480 g/mol. The molecule has 9 nitrogen and oxygen atoms in total. The Kier molecular flexibility index (Phi) is 15.3. The van der Waals surface area contributed by atoms with E-state index >= 15 is 0 Å². The summed E-state index contributed by atoms with van der Waals surface area (Å²) in [4.78, 5) is 40.4. The van der Waals surface area contributed by atoms with Crippen LogP contribution in [0.3, 0.4) is 0 Å². The van der Waals surface area contributed by atoms with Crippen molar-refractivity contribution in [2.75, 3.05) is 24.2 Å². The summed E-state index contributed by atoms with van der Waals surface area (Å²) in [6.45, 7) is 17.3. The summed E-state index contributed by atoms with van der Waals surface area (Å²) < 4.78 is 5.54. The molecular formula is C23H37N5O4S. The molecule has 1 aromatic heterocycles. The van der Waals surface area contributed by atoms with Crippen molar-refractivity contribution in [3.63, 3.8) is 0 Å². The third-order valence-electron chi connectivity index (χ3n) is 3.86. The van der Waals surface area contributed by atoms with Crippen molar-refractivity contribution in [2.45, 2.75) is 53.6 Å². The summed E-state index contributed by atoms with van der Waals surface area (Å²) >= 11 is 1.41. The van der Waals surface area contributed by atoms with Gasteiger partial charge >= 0.3 is 6.09 Å². The van der Waals surface area contributed by atoms with Crippen LogP contribution >= 0.6 is 11.8 Å². The molecule has 2 amide bonds. The summed E-state index contributed by atoms with van der Waals surface area (Å²) in [6.07, 6.45) is 5.97. The minimum Gasteiger partial charge on any atom is -0.439 e. The van der Waals surface area contributed by atoms with Gasteiger partial charge in [-0.25, -0.2) is 4.79 Å². The molecule has 184 valence electrons. The number of alkyl carbamates (subject to hydrolysis) is 1. The van der Waals surface area contributed by atoms with Crippen molar-refractivity contribution in [1.82, 2.24) is 15.5 Å². The number of ether oxygens (including phenoxy) is 1. The monoisotopic (exact) mass is 479 g/mol. The van der Waals surface area contributed by atoms with Gasteiger partial charge in [-0.3, -0.25) is 19.7 Å². The van der Waals surface area contributed by atoms with E-state index in [0.717, 1.165) is 0 Å². The van der Waals surface area contributed by atoms with Gasteiger partial charge in [-0.2, -0.15) is 5.10 Å². The van der Waals surface area contributed by atoms with E-state index in [1.54, 1.807) is 12.2 Å². The second-order valence-corrected chi connectivity index (χ2v) is 8.96. The van der Waals surface area contributed by atoms with Crippen LogP contribution in [-0.4, -0.2) is 58.0 Å². The zero-order chi connectivity index (χ0) is 25.3. The number of hydrogen-bond acceptors (Lipinski definition) is 7. The topological polar surface area (TPSA) is 126 Å². The van der Waals surface area contributed by atoms with E-state index in [-0.39, 0.29) is 5.82 Å². The van der Waals surface area contributed by atoms with Gasteiger partial charge in [0.25, 0.3) is 5.91 Å². The quantitative estimate of drug-likeness (QED) is 0.187. The molecule has 0 aliphatic rings. The lowest BCUT2D eigenvalue weighted by atomic mass is 9.89. The van der Waals surface area contributed by atoms with E-state index in [1.807, 2.05) is 20.8 Å². The van der Waals surface area contributed by atoms with E-state index in [1.165, 1.54) is 36.9 Å². The van der Waals surface area contributed by atoms with Crippen molar-refractivity contribution in [2.24, 2.45) is 10.4 Å². The molecule has 0 radical (unpaired) electrons. The lowest BCUT2D eigenvalue weighted by Gasteiger charge is -2.31. The van der Waals surface area contributed by atoms with Crippen molar-refractivity contribution < 1.29 is 19.1 Å². The van der Waals surface area contributed by atoms with Crippen LogP contribution in [0.5, 0.6) is 0 Å². The Balaban J connectivity index is 0.00000235. The largest absolute Gasteiger partial charge is 0.439 e. The molecule has 0 saturated heterocycles. The average Bonchev–Trinajstić information content (AvgIpc) is 3.28. The molecule has 0 fully saturated rings. The van der Waals surface area contributed by atoms with Crippen LogP contribution in [0.25, 0.3) is 0 Å². The van der Waals surface area contributed by atoms with E-state index < -0.39 is 35.8 Å². The molecular weight excluding hydrogens is 442 g/mol. The maximum absolute atomic E-state index is 12.3. The SMILES string of the molecule is C=CCN=C(SCC=C)C(OC(=O)NCC(=O)C(=O)Nc1ccn[nH]1)C(C)(C)C.CCCC. The zero-order valence-corrected chi connectivity index (χ0v) is 21.1. The molecule has 0 saturated carbocycles. The van der Waals surface area contributed by atoms with Crippen molar-refractivity contribution >= 4 is 40.4 Å². The van der Waals surface area contributed by atoms with Gasteiger partial charge in [-0.05, 0) is 0 Å². The van der Waals surface area contributed by atoms with Gasteiger partial charge < -0.3 is 15.4 Å². The number of nitrogens with zero attached hydrogens (tertiary/aromatic N) is 2. The highest BCUT2D eigenvalue weighted by Crippen LogP contribution is 2.28. The molecule has 33 heavy (non-hydrogen) atoms. The molecule has 1 aromatic rings. The standard InChI is InChI=1S/C19H27N5O4S.C4H10/c1-6-9-20-17(29-11-7-2)15(19(3,4)5)28-18(27)21-12-13(25)16(26)23-14-8-10-22-24-14;1-3-4-2/h6-8,10,15H,1-2,9,11-12H2,3-5H3,(H,21,27)(H2,22,23,24,26);3-4H2,1-2H3. The number of carbonyl (C=O) groups excluding carboxylic acids is 3. The summed E-state index contributed by atoms with van der Waals surface area (Å²) in [6, 6.07) is 1.49. The number of rotatable bonds is 11. The first kappa shape index (κ1) is 30.1. The number of unbranched alkanes of at least 4 members (excludes halogenated alkanes) is 1. The fourth-order valence-corrected chi connectivity index (χ4v) is 3.01. The lowest BCUT2D eigenvalue weighted by Crippen LogP contribution is -2.43. The predicted molar refractivity (Wildman–Crippen MR) is 136 cm³/mol. The highest BCUT2D eigenvalue weighted by atomic mass is 32.2. The Hall–Kier alpha value is -2.88. The van der Waals surface area contributed by atoms with Crippen LogP contribution in [0.1, 0.15) is 47.5 Å². The fraction of sp³-hybridized carbons (Fsp3) is 0.522. The van der Waals surface area contributed by atoms with Gasteiger partial charge in [-0.1, -0.05) is 59.6 Å². The van der Waals surface area contributed by atoms with E-state index in [4.69, 9.17) is 4.74 Å². The summed E-state index contributed by atoms with van der Waals surface area (Å²) in [5, 5.41) is 11.4. The molecule has 0 spiro atoms. The number of nitrogens with one attached hydrogen (secondary N) is 3. The number of ketones is 1. The number of aliphatic imine (C=N–C) groups is 1. The smallest absolute Gasteiger partial charge is 0.408 e. The molecule has 1 unspecified atom stereocenters. The normalized spacial score (nSPS) is 12.0. The number of amides is 2. The number of carbonyl (C=O) groups is 3. The predicted octanol–water partition coefficient (Wildman–Crippen LogP) is 4.37. The van der Waals surface area contributed by atoms with Gasteiger partial charge in [-0.15, -0.1) is 24.9 Å². The van der Waals surface area contributed by atoms with Gasteiger partial charge in [0, 0.05) is 17.2 Å². The van der Waals surface area contributed by atoms with E-state index in [0.29, 0.717) is 17.3 Å². The Labute approximate surface area is 200 Å². The number of anilines is 1. The Morgan fingerprint density at radius 3 is 2.39 bits per heavy atom. The first-order valence-corrected chi connectivity index (χ1v) is 11.8. The highest BCUT2D eigenvalue weighted by Gasteiger charge is 2.33. The van der Waals surface area contributed by atoms with Crippen LogP contribution in [0, 0.1) is 5.41 Å². The number of H-pyrrole nitrogens is 1. The fourth-order valence-electron chi connectivity index (χ4n) is 2.00. The molecule has 0 aromatic carbocycles. The summed E-state index contributed by atoms with van der Waals surface area (Å²) in [7, 11) is 0. The maximum atomic E-state index is 12.3. The Morgan fingerprint density at radius 1 is 1.24 bits per heavy atom. The summed E-state index contributed by atoms with van der Waals surface area (Å²) in [5.74, 6) is -0.831. The van der Waals surface area contributed by atoms with E-state index in [9.17, 15) is 14.4 Å². The van der Waals surface area contributed by atoms with Crippen LogP contribution in [0.4, 0.5) is 10.6 Å². The maximum Gasteiger partial charge on any atom is 0.408 e. The van der Waals surface area contributed by atoms with Gasteiger partial charge in [0.05, 0.1) is 19.3 Å². The molecule has 0 bridgehead atoms. The van der Waals surface area contributed by atoms with Crippen LogP contribution in [0.15, 0.2) is 42.6 Å². The number of aromatic amines is 1. The molecule has 1 rings (SSSR count). The van der Waals surface area contributed by atoms with Crippen LogP contribution in [-0.2, 0) is 14.3 Å². The Bertz CT molecular complexity index is 783. The van der Waals surface area contributed by atoms with Crippen LogP contribution < -0.4 is 10.6 Å². The summed E-state index contributed by atoms with van der Waals surface area (Å²) in [5.41, 5.74) is -0.451. The van der Waals surface area contributed by atoms with Crippen molar-refractivity contribution in [1.29, 1.82) is 0 Å². The number of thioether (sulfide) groups is 1. The highest BCUT2D eigenvalue weighted by molar-refractivity contribution is 8.14. The second kappa shape index (κ2) is 16.7. The Morgan fingerprint density at radius 2 is 1.91 bits per heavy atom. The minimum absolute atomic E-state index is 0.279. The number of Topliss-reactive ketones (excluding diaryl/α,β-unsaturated/α-hetero) is 1. The number of aromatic nitrogens is 2. The minimum atomic E-state index is -0.878. The zero-order valence-electron chi connectivity index (χ0n) is 20.3. The first-order chi connectivity index (χ1) is 15.6. The molecule has 3 N–H and O–H groups in total. The molecule has 10 heteroatoms. The third-order valence-corrected chi connectivity index (χ3v) is 4.90. The third kappa shape index (κ3) is 13.3. The van der Waals surface area contributed by atoms with Gasteiger partial charge in [0.1, 0.15) is 10.9 Å². The number of hydrogen-bond donors (Lipinski definition) is 3. The van der Waals surface area contributed by atoms with Gasteiger partial charge in [0.15, 0.2) is 6.10 Å². The first-order valence-electron chi connectivity index (χ1n) is 10.8. The lowest BCUT2D eigenvalue weighted by molar-refractivity contribution is -0.134. The van der Waals surface area contributed by atoms with Crippen LogP contribution in [0.2, 0.25) is 0 Å². The molecule has 1 atom stereocenters. The second-order valence-electron chi connectivity index (χ2n) is 7.92. The van der Waals surface area contributed by atoms with Crippen molar-refractivity contribution in [3.8, 4) is 0 Å². The molecule has 0 aliphatic heterocycles. The molecule has 1 heterocycles.